The molecule has 0 saturated carbocycles. The van der Waals surface area contributed by atoms with Crippen LogP contribution in [0.1, 0.15) is 258 Å². The SMILES string of the molecule is CC/C=C\C/C=C\C/C=C\C/C=C\C/C=C\C/C=C\C/C=C\CCCCCC(=O)OC(COC(=O)CCCCCCCCCCCCCCCCCC/C=C\C/C=C\C/C=C\CCCCCCC)COC(OCC[N+](C)(C)C)C(=O)O. The van der Waals surface area contributed by atoms with E-state index in [4.69, 9.17) is 18.9 Å². The first-order valence-corrected chi connectivity index (χ1v) is 32.7. The number of carboxylic acids is 1. The van der Waals surface area contributed by atoms with E-state index in [1.54, 1.807) is 0 Å². The van der Waals surface area contributed by atoms with Crippen LogP contribution in [0.4, 0.5) is 0 Å². The number of carboxylic acid groups (broad SMARTS) is 1. The van der Waals surface area contributed by atoms with E-state index in [-0.39, 0.29) is 38.6 Å². The number of quaternary nitrogens is 1. The van der Waals surface area contributed by atoms with Crippen molar-refractivity contribution in [1.82, 2.24) is 0 Å². The molecule has 0 aliphatic heterocycles. The zero-order valence-electron chi connectivity index (χ0n) is 52.7. The summed E-state index contributed by atoms with van der Waals surface area (Å²) >= 11 is 0. The fourth-order valence-electron chi connectivity index (χ4n) is 8.71. The van der Waals surface area contributed by atoms with Gasteiger partial charge in [-0.3, -0.25) is 9.59 Å². The second-order valence-corrected chi connectivity index (χ2v) is 22.7. The molecule has 0 radical (unpaired) electrons. The molecular weight excluding hydrogens is 1010 g/mol. The second kappa shape index (κ2) is 61.8. The van der Waals surface area contributed by atoms with Crippen LogP contribution in [-0.4, -0.2) is 87.4 Å². The van der Waals surface area contributed by atoms with Crippen molar-refractivity contribution >= 4 is 17.9 Å². The van der Waals surface area contributed by atoms with Gasteiger partial charge in [0.1, 0.15) is 13.2 Å². The fraction of sp³-hybridized carbons (Fsp3) is 0.681. The van der Waals surface area contributed by atoms with Crippen LogP contribution in [-0.2, 0) is 33.3 Å². The average molecular weight is 1130 g/mol. The quantitative estimate of drug-likeness (QED) is 0.0211. The van der Waals surface area contributed by atoms with Crippen molar-refractivity contribution in [2.45, 2.75) is 270 Å². The highest BCUT2D eigenvalue weighted by atomic mass is 16.7. The Kier molecular flexibility index (Phi) is 58.5. The molecule has 0 spiro atoms. The molecule has 0 aromatic carbocycles. The van der Waals surface area contributed by atoms with Crippen molar-refractivity contribution in [3.05, 3.63) is 122 Å². The first-order chi connectivity index (χ1) is 39.6. The van der Waals surface area contributed by atoms with Crippen molar-refractivity contribution in [2.24, 2.45) is 0 Å². The molecule has 0 saturated heterocycles. The molecule has 0 aromatic rings. The number of hydrogen-bond acceptors (Lipinski definition) is 7. The summed E-state index contributed by atoms with van der Waals surface area (Å²) in [4.78, 5) is 37.5. The lowest BCUT2D eigenvalue weighted by Gasteiger charge is -2.25. The normalized spacial score (nSPS) is 13.5. The first-order valence-electron chi connectivity index (χ1n) is 32.7. The van der Waals surface area contributed by atoms with Crippen molar-refractivity contribution in [3.63, 3.8) is 0 Å². The molecule has 462 valence electrons. The molecule has 1 N–H and O–H groups in total. The summed E-state index contributed by atoms with van der Waals surface area (Å²) in [7, 11) is 5.95. The van der Waals surface area contributed by atoms with Crippen LogP contribution in [0, 0.1) is 0 Å². The summed E-state index contributed by atoms with van der Waals surface area (Å²) < 4.78 is 22.9. The summed E-state index contributed by atoms with van der Waals surface area (Å²) in [5, 5.41) is 9.73. The van der Waals surface area contributed by atoms with E-state index in [0.717, 1.165) is 96.3 Å². The Morgan fingerprint density at radius 1 is 0.383 bits per heavy atom. The van der Waals surface area contributed by atoms with Gasteiger partial charge < -0.3 is 28.5 Å². The summed E-state index contributed by atoms with van der Waals surface area (Å²) in [6.07, 6.45) is 84.4. The van der Waals surface area contributed by atoms with Gasteiger partial charge in [-0.05, 0) is 109 Å². The van der Waals surface area contributed by atoms with E-state index in [0.29, 0.717) is 17.4 Å². The zero-order chi connectivity index (χ0) is 59.1. The van der Waals surface area contributed by atoms with Crippen molar-refractivity contribution in [1.29, 1.82) is 0 Å². The minimum absolute atomic E-state index is 0.175. The number of nitrogens with zero attached hydrogens (tertiary/aromatic N) is 1. The lowest BCUT2D eigenvalue weighted by atomic mass is 10.0. The number of hydrogen-bond donors (Lipinski definition) is 1. The molecular formula is C72H122NO8+. The average Bonchev–Trinajstić information content (AvgIpc) is 3.44. The van der Waals surface area contributed by atoms with E-state index in [9.17, 15) is 19.5 Å². The predicted molar refractivity (Wildman–Crippen MR) is 345 cm³/mol. The lowest BCUT2D eigenvalue weighted by molar-refractivity contribution is -0.870. The molecule has 0 aliphatic carbocycles. The Morgan fingerprint density at radius 2 is 0.704 bits per heavy atom. The van der Waals surface area contributed by atoms with Gasteiger partial charge in [-0.25, -0.2) is 4.79 Å². The van der Waals surface area contributed by atoms with Crippen LogP contribution in [0.2, 0.25) is 0 Å². The third-order valence-electron chi connectivity index (χ3n) is 13.7. The lowest BCUT2D eigenvalue weighted by Crippen LogP contribution is -2.40. The number of unbranched alkanes of at least 4 members (excludes halogenated alkanes) is 24. The van der Waals surface area contributed by atoms with Gasteiger partial charge >= 0.3 is 17.9 Å². The van der Waals surface area contributed by atoms with Crippen LogP contribution in [0.25, 0.3) is 0 Å². The van der Waals surface area contributed by atoms with Crippen LogP contribution in [0.3, 0.4) is 0 Å². The van der Waals surface area contributed by atoms with Crippen LogP contribution in [0.5, 0.6) is 0 Å². The number of carbonyl (C=O) groups is 3. The first kappa shape index (κ1) is 76.7. The number of rotatable bonds is 59. The highest BCUT2D eigenvalue weighted by Gasteiger charge is 2.25. The van der Waals surface area contributed by atoms with Crippen molar-refractivity contribution < 1.29 is 42.9 Å². The topological polar surface area (TPSA) is 108 Å². The maximum atomic E-state index is 12.9. The van der Waals surface area contributed by atoms with Crippen molar-refractivity contribution in [3.8, 4) is 0 Å². The highest BCUT2D eigenvalue weighted by Crippen LogP contribution is 2.16. The molecule has 0 fully saturated rings. The largest absolute Gasteiger partial charge is 0.477 e. The van der Waals surface area contributed by atoms with Gasteiger partial charge in [0.2, 0.25) is 0 Å². The molecule has 81 heavy (non-hydrogen) atoms. The van der Waals surface area contributed by atoms with Gasteiger partial charge in [-0.15, -0.1) is 0 Å². The minimum atomic E-state index is -1.53. The third-order valence-corrected chi connectivity index (χ3v) is 13.7. The van der Waals surface area contributed by atoms with E-state index in [1.165, 1.54) is 128 Å². The van der Waals surface area contributed by atoms with Crippen LogP contribution in [0.15, 0.2) is 122 Å². The summed E-state index contributed by atoms with van der Waals surface area (Å²) in [5.41, 5.74) is 0. The molecule has 0 bridgehead atoms. The number of esters is 2. The van der Waals surface area contributed by atoms with Gasteiger partial charge in [0, 0.05) is 12.8 Å². The molecule has 2 atom stereocenters. The number of aliphatic carboxylic acids is 1. The predicted octanol–water partition coefficient (Wildman–Crippen LogP) is 20.0. The van der Waals surface area contributed by atoms with E-state index in [2.05, 4.69) is 135 Å². The Balaban J connectivity index is 4.23. The van der Waals surface area contributed by atoms with Gasteiger partial charge in [-0.2, -0.15) is 0 Å². The summed E-state index contributed by atoms with van der Waals surface area (Å²) in [6, 6.07) is 0. The molecule has 0 aromatic heterocycles. The number of allylic oxidation sites excluding steroid dienone is 20. The number of ether oxygens (including phenoxy) is 4. The maximum Gasteiger partial charge on any atom is 0.361 e. The number of likely N-dealkylation sites (N-methyl/N-ethyl adjacent to an activating group) is 1. The van der Waals surface area contributed by atoms with Gasteiger partial charge in [0.15, 0.2) is 6.10 Å². The standard InChI is InChI=1S/C72H121NO8/c1-6-8-10-12-14-16-18-20-22-24-26-28-30-32-33-34-35-36-37-39-40-42-44-46-48-50-52-54-56-58-60-62-69(74)79-66-68(67-80-72(71(76)77)78-65-64-73(3,4)5)81-70(75)63-61-59-57-55-53-51-49-47-45-43-41-38-31-29-27-25-23-21-19-17-15-13-11-9-7-2/h9,11,15,17-18,20-21,23-24,26-27,29-30,32,38,41,45,47,51,53,68,72H,6-8,10,12-14,16,19,22,25,28,31,33-37,39-40,42-44,46,48-50,52,54-67H2,1-5H3/p+1/b11-9-,17-15-,20-18-,23-21-,26-24-,29-27-,32-30-,41-38-,47-45-,53-51-. The molecule has 0 amide bonds. The highest BCUT2D eigenvalue weighted by molar-refractivity contribution is 5.71. The fourth-order valence-corrected chi connectivity index (χ4v) is 8.71. The molecule has 0 heterocycles. The van der Waals surface area contributed by atoms with Crippen LogP contribution < -0.4 is 0 Å². The molecule has 0 aliphatic rings. The Hall–Kier alpha value is -4.31. The second-order valence-electron chi connectivity index (χ2n) is 22.7. The van der Waals surface area contributed by atoms with E-state index in [1.807, 2.05) is 21.1 Å². The van der Waals surface area contributed by atoms with E-state index >= 15 is 0 Å². The van der Waals surface area contributed by atoms with Crippen LogP contribution >= 0.6 is 0 Å². The third kappa shape index (κ3) is 63.1. The molecule has 9 heteroatoms. The molecule has 2 unspecified atom stereocenters. The maximum absolute atomic E-state index is 12.9. The molecule has 0 rings (SSSR count). The Bertz CT molecular complexity index is 1740. The van der Waals surface area contributed by atoms with Crippen molar-refractivity contribution in [2.75, 3.05) is 47.5 Å². The summed E-state index contributed by atoms with van der Waals surface area (Å²) in [6.45, 7) is 4.71. The smallest absolute Gasteiger partial charge is 0.361 e. The Labute approximate surface area is 497 Å². The van der Waals surface area contributed by atoms with E-state index < -0.39 is 24.3 Å². The zero-order valence-corrected chi connectivity index (χ0v) is 52.7. The molecule has 9 nitrogen and oxygen atoms in total. The van der Waals surface area contributed by atoms with Gasteiger partial charge in [-0.1, -0.05) is 257 Å². The number of carbonyl (C=O) groups excluding carboxylic acids is 2. The monoisotopic (exact) mass is 1130 g/mol. The van der Waals surface area contributed by atoms with Gasteiger partial charge in [0.05, 0.1) is 34.4 Å². The summed E-state index contributed by atoms with van der Waals surface area (Å²) in [5.74, 6) is -2.06. The van der Waals surface area contributed by atoms with Gasteiger partial charge in [0.25, 0.3) is 6.29 Å². The Morgan fingerprint density at radius 3 is 1.06 bits per heavy atom. The minimum Gasteiger partial charge on any atom is -0.477 e.